The molecule has 0 spiro atoms. The molecule has 0 fully saturated rings. The molecule has 1 N–H and O–H groups in total. The molecule has 1 heterocycles. The van der Waals surface area contributed by atoms with Crippen molar-refractivity contribution in [3.8, 4) is 0 Å². The van der Waals surface area contributed by atoms with E-state index in [9.17, 15) is 9.90 Å². The first-order valence-corrected chi connectivity index (χ1v) is 9.28. The largest absolute Gasteiger partial charge is 0.478 e. The van der Waals surface area contributed by atoms with Gasteiger partial charge in [0.05, 0.1) is 7.05 Å². The normalized spacial score (nSPS) is 12.5. The average Bonchev–Trinajstić information content (AvgIpc) is 2.80. The van der Waals surface area contributed by atoms with Crippen molar-refractivity contribution < 1.29 is 14.5 Å². The molecule has 1 aromatic rings. The quantitative estimate of drug-likeness (QED) is 0.459. The highest BCUT2D eigenvalue weighted by Gasteiger charge is 2.26. The summed E-state index contributed by atoms with van der Waals surface area (Å²) < 4.78 is 4.05. The number of carbonyl (C=O) groups is 1. The number of imidazole rings is 1. The van der Waals surface area contributed by atoms with Gasteiger partial charge in [-0.3, -0.25) is 0 Å². The Balaban J connectivity index is 2.36. The first-order chi connectivity index (χ1) is 11.0. The molecule has 0 bridgehead atoms. The maximum Gasteiger partial charge on any atom is 0.349 e. The van der Waals surface area contributed by atoms with Crippen LogP contribution in [0.4, 0.5) is 0 Å². The van der Waals surface area contributed by atoms with E-state index in [1.165, 1.54) is 51.4 Å². The maximum atomic E-state index is 11.3. The Bertz CT molecular complexity index is 480. The van der Waals surface area contributed by atoms with Gasteiger partial charge in [-0.1, -0.05) is 58.3 Å². The number of nitrogens with zero attached hydrogens (tertiary/aromatic N) is 2. The van der Waals surface area contributed by atoms with Crippen molar-refractivity contribution in [2.45, 2.75) is 91.0 Å². The second-order valence-corrected chi connectivity index (χ2v) is 6.75. The summed E-state index contributed by atoms with van der Waals surface area (Å²) in [6.45, 7) is 6.04. The highest BCUT2D eigenvalue weighted by Crippen LogP contribution is 2.12. The fourth-order valence-corrected chi connectivity index (χ4v) is 3.08. The van der Waals surface area contributed by atoms with Crippen molar-refractivity contribution in [1.29, 1.82) is 0 Å². The van der Waals surface area contributed by atoms with Gasteiger partial charge >= 0.3 is 5.97 Å². The number of hydrogen-bond donors (Lipinski definition) is 1. The minimum Gasteiger partial charge on any atom is -0.478 e. The molecule has 0 aromatic carbocycles. The number of hydrogen-bond acceptors (Lipinski definition) is 1. The van der Waals surface area contributed by atoms with E-state index in [4.69, 9.17) is 0 Å². The highest BCUT2D eigenvalue weighted by molar-refractivity contribution is 5.69. The molecule has 1 rings (SSSR count). The summed E-state index contributed by atoms with van der Waals surface area (Å²) in [4.78, 5) is 11.3. The predicted molar refractivity (Wildman–Crippen MR) is 93.6 cm³/mol. The Morgan fingerprint density at radius 2 is 1.65 bits per heavy atom. The summed E-state index contributed by atoms with van der Waals surface area (Å²) in [5, 5.41) is 9.26. The lowest BCUT2D eigenvalue weighted by atomic mass is 10.1. The molecule has 4 nitrogen and oxygen atoms in total. The fourth-order valence-electron chi connectivity index (χ4n) is 3.08. The van der Waals surface area contributed by atoms with Crippen LogP contribution in [0.2, 0.25) is 0 Å². The first kappa shape index (κ1) is 19.7. The van der Waals surface area contributed by atoms with E-state index in [0.29, 0.717) is 0 Å². The summed E-state index contributed by atoms with van der Waals surface area (Å²) >= 11 is 0. The first-order valence-electron chi connectivity index (χ1n) is 9.28. The molecule has 0 saturated heterocycles. The molecule has 132 valence electrons. The minimum atomic E-state index is -0.770. The van der Waals surface area contributed by atoms with Crippen LogP contribution in [0.15, 0.2) is 6.20 Å². The van der Waals surface area contributed by atoms with E-state index in [1.807, 2.05) is 24.7 Å². The lowest BCUT2D eigenvalue weighted by molar-refractivity contribution is -0.714. The Morgan fingerprint density at radius 3 is 2.17 bits per heavy atom. The van der Waals surface area contributed by atoms with Crippen LogP contribution < -0.4 is 4.57 Å². The lowest BCUT2D eigenvalue weighted by Crippen LogP contribution is -2.44. The van der Waals surface area contributed by atoms with Crippen molar-refractivity contribution in [1.82, 2.24) is 4.57 Å². The van der Waals surface area contributed by atoms with Crippen LogP contribution in [0.5, 0.6) is 0 Å². The van der Waals surface area contributed by atoms with Crippen LogP contribution in [0.25, 0.3) is 0 Å². The maximum absolute atomic E-state index is 11.3. The molecular formula is C19H35N2O2+. The zero-order valence-corrected chi connectivity index (χ0v) is 15.5. The molecule has 0 aliphatic heterocycles. The Hall–Kier alpha value is -1.32. The Kier molecular flexibility index (Phi) is 8.97. The third kappa shape index (κ3) is 6.36. The molecular weight excluding hydrogens is 288 g/mol. The predicted octanol–water partition coefficient (Wildman–Crippen LogP) is 4.34. The number of aromatic nitrogens is 2. The van der Waals surface area contributed by atoms with Gasteiger partial charge < -0.3 is 5.11 Å². The third-order valence-corrected chi connectivity index (χ3v) is 4.82. The summed E-state index contributed by atoms with van der Waals surface area (Å²) in [7, 11) is 2.03. The van der Waals surface area contributed by atoms with Crippen LogP contribution in [0.3, 0.4) is 0 Å². The number of aryl methyl sites for hydroxylation is 1. The van der Waals surface area contributed by atoms with Gasteiger partial charge in [0.25, 0.3) is 5.82 Å². The highest BCUT2D eigenvalue weighted by atomic mass is 16.4. The number of rotatable bonds is 12. The molecule has 0 saturated carbocycles. The smallest absolute Gasteiger partial charge is 0.349 e. The second kappa shape index (κ2) is 10.5. The van der Waals surface area contributed by atoms with E-state index in [0.717, 1.165) is 24.4 Å². The van der Waals surface area contributed by atoms with Crippen LogP contribution in [-0.4, -0.2) is 15.6 Å². The molecule has 1 atom stereocenters. The van der Waals surface area contributed by atoms with Crippen LogP contribution in [0.1, 0.15) is 89.2 Å². The summed E-state index contributed by atoms with van der Waals surface area (Å²) in [6, 6.07) is -0.497. The third-order valence-electron chi connectivity index (χ3n) is 4.82. The molecule has 0 aliphatic rings. The monoisotopic (exact) mass is 323 g/mol. The topological polar surface area (TPSA) is 46.1 Å². The Labute approximate surface area is 141 Å². The second-order valence-electron chi connectivity index (χ2n) is 6.75. The van der Waals surface area contributed by atoms with Gasteiger partial charge in [0.15, 0.2) is 6.04 Å². The van der Waals surface area contributed by atoms with Crippen molar-refractivity contribution >= 4 is 5.97 Å². The number of unbranched alkanes of at least 4 members (excludes halogenated alkanes) is 8. The van der Waals surface area contributed by atoms with Gasteiger partial charge in [0, 0.05) is 13.3 Å². The van der Waals surface area contributed by atoms with E-state index < -0.39 is 12.0 Å². The SMILES string of the molecule is CCCCCCCCCCCc1n(C)c(C)c[n+]1C(C)C(=O)O. The van der Waals surface area contributed by atoms with Crippen molar-refractivity contribution in [2.75, 3.05) is 0 Å². The molecule has 0 aliphatic carbocycles. The van der Waals surface area contributed by atoms with Crippen molar-refractivity contribution in [2.24, 2.45) is 7.05 Å². The molecule has 4 heteroatoms. The molecule has 23 heavy (non-hydrogen) atoms. The lowest BCUT2D eigenvalue weighted by Gasteiger charge is -2.07. The number of carboxylic acids is 1. The van der Waals surface area contributed by atoms with Gasteiger partial charge in [-0.15, -0.1) is 0 Å². The molecule has 0 amide bonds. The number of aliphatic carboxylic acids is 1. The van der Waals surface area contributed by atoms with Gasteiger partial charge in [-0.25, -0.2) is 13.9 Å². The van der Waals surface area contributed by atoms with E-state index in [2.05, 4.69) is 11.5 Å². The van der Waals surface area contributed by atoms with Gasteiger partial charge in [0.1, 0.15) is 11.9 Å². The summed E-state index contributed by atoms with van der Waals surface area (Å²) in [6.07, 6.45) is 14.7. The number of carboxylic acid groups (broad SMARTS) is 1. The van der Waals surface area contributed by atoms with Crippen LogP contribution in [-0.2, 0) is 18.3 Å². The summed E-state index contributed by atoms with van der Waals surface area (Å²) in [5.41, 5.74) is 1.11. The van der Waals surface area contributed by atoms with Crippen molar-refractivity contribution in [3.05, 3.63) is 17.7 Å². The molecule has 0 radical (unpaired) electrons. The molecule has 1 unspecified atom stereocenters. The van der Waals surface area contributed by atoms with Crippen LogP contribution in [0, 0.1) is 6.92 Å². The molecule has 1 aromatic heterocycles. The van der Waals surface area contributed by atoms with Crippen LogP contribution >= 0.6 is 0 Å². The standard InChI is InChI=1S/C19H34N2O2/c1-5-6-7-8-9-10-11-12-13-14-18-20(4)16(2)15-21(18)17(3)19(22)23/h15,17H,5-14H2,1-4H3/p+1. The Morgan fingerprint density at radius 1 is 1.13 bits per heavy atom. The summed E-state index contributed by atoms with van der Waals surface area (Å²) in [5.74, 6) is 0.356. The zero-order chi connectivity index (χ0) is 17.2. The fraction of sp³-hybridized carbons (Fsp3) is 0.789. The minimum absolute atomic E-state index is 0.497. The van der Waals surface area contributed by atoms with Crippen molar-refractivity contribution in [3.63, 3.8) is 0 Å². The average molecular weight is 324 g/mol. The van der Waals surface area contributed by atoms with Gasteiger partial charge in [-0.05, 0) is 13.3 Å². The zero-order valence-electron chi connectivity index (χ0n) is 15.5. The van der Waals surface area contributed by atoms with E-state index in [1.54, 1.807) is 6.92 Å². The van der Waals surface area contributed by atoms with E-state index >= 15 is 0 Å². The van der Waals surface area contributed by atoms with Gasteiger partial charge in [0.2, 0.25) is 0 Å². The van der Waals surface area contributed by atoms with E-state index in [-0.39, 0.29) is 0 Å². The van der Waals surface area contributed by atoms with Gasteiger partial charge in [-0.2, -0.15) is 0 Å².